The Balaban J connectivity index is 0.00000204. The van der Waals surface area contributed by atoms with Gasteiger partial charge in [0.25, 0.3) is 5.91 Å². The lowest BCUT2D eigenvalue weighted by molar-refractivity contribution is -0.137. The molecule has 0 saturated carbocycles. The summed E-state index contributed by atoms with van der Waals surface area (Å²) in [7, 11) is 0. The van der Waals surface area contributed by atoms with Gasteiger partial charge < -0.3 is 20.3 Å². The number of hydrogen-bond donors (Lipinski definition) is 3. The zero-order chi connectivity index (χ0) is 22.5. The number of ether oxygens (including phenoxy) is 1. The van der Waals surface area contributed by atoms with Crippen LogP contribution >= 0.6 is 24.8 Å². The Morgan fingerprint density at radius 1 is 1.12 bits per heavy atom. The van der Waals surface area contributed by atoms with Crippen molar-refractivity contribution in [2.45, 2.75) is 31.8 Å². The first-order chi connectivity index (χ1) is 15.5. The molecule has 1 atom stereocenters. The van der Waals surface area contributed by atoms with Crippen LogP contribution in [0.1, 0.15) is 35.2 Å². The van der Waals surface area contributed by atoms with Crippen molar-refractivity contribution in [1.29, 1.82) is 0 Å². The van der Waals surface area contributed by atoms with E-state index in [4.69, 9.17) is 4.74 Å². The number of rotatable bonds is 8. The Kier molecular flexibility index (Phi) is 10.7. The van der Waals surface area contributed by atoms with E-state index in [2.05, 4.69) is 20.9 Å². The van der Waals surface area contributed by atoms with Crippen LogP contribution in [0.4, 0.5) is 5.69 Å². The topological polar surface area (TPSA) is 120 Å². The zero-order valence-electron chi connectivity index (χ0n) is 18.8. The third-order valence-electron chi connectivity index (χ3n) is 6.09. The second kappa shape index (κ2) is 13.0. The van der Waals surface area contributed by atoms with Crippen molar-refractivity contribution in [1.82, 2.24) is 20.4 Å². The number of anilines is 1. The van der Waals surface area contributed by atoms with E-state index in [0.29, 0.717) is 36.4 Å². The van der Waals surface area contributed by atoms with Crippen LogP contribution in [0.15, 0.2) is 18.2 Å². The maximum atomic E-state index is 12.9. The Morgan fingerprint density at radius 2 is 1.88 bits per heavy atom. The lowest BCUT2D eigenvalue weighted by Gasteiger charge is -2.29. The van der Waals surface area contributed by atoms with E-state index in [9.17, 15) is 19.2 Å². The number of carbonyl (C=O) groups is 4. The molecule has 0 spiro atoms. The van der Waals surface area contributed by atoms with Gasteiger partial charge in [0.2, 0.25) is 17.7 Å². The van der Waals surface area contributed by atoms with E-state index < -0.39 is 11.9 Å². The van der Waals surface area contributed by atoms with Crippen LogP contribution in [0.25, 0.3) is 0 Å². The predicted octanol–water partition coefficient (Wildman–Crippen LogP) is 0.542. The van der Waals surface area contributed by atoms with E-state index in [1.807, 2.05) is 0 Å². The van der Waals surface area contributed by atoms with Crippen LogP contribution in [0.5, 0.6) is 0 Å². The number of amides is 4. The number of halogens is 2. The number of imide groups is 1. The molecule has 3 N–H and O–H groups in total. The van der Waals surface area contributed by atoms with Crippen LogP contribution in [0.3, 0.4) is 0 Å². The van der Waals surface area contributed by atoms with Gasteiger partial charge >= 0.3 is 0 Å². The molecule has 1 aromatic rings. The Labute approximate surface area is 210 Å². The second-order valence-corrected chi connectivity index (χ2v) is 8.23. The molecule has 0 aliphatic carbocycles. The highest BCUT2D eigenvalue weighted by atomic mass is 35.5. The van der Waals surface area contributed by atoms with Gasteiger partial charge in [0, 0.05) is 62.5 Å². The number of piperidine rings is 1. The van der Waals surface area contributed by atoms with Crippen molar-refractivity contribution < 1.29 is 23.9 Å². The van der Waals surface area contributed by atoms with Gasteiger partial charge in [-0.2, -0.15) is 0 Å². The number of nitrogens with zero attached hydrogens (tertiary/aromatic N) is 2. The van der Waals surface area contributed by atoms with Crippen LogP contribution < -0.4 is 16.0 Å². The maximum absolute atomic E-state index is 12.9. The van der Waals surface area contributed by atoms with Crippen molar-refractivity contribution >= 4 is 54.1 Å². The molecular formula is C22H31Cl2N5O5. The van der Waals surface area contributed by atoms with E-state index in [-0.39, 0.29) is 61.9 Å². The SMILES string of the molecule is Cl.Cl.O=C1CCC(N2Cc3c(NC(=O)CCOCCN4CCNCC4)cccc3C2=O)C(=O)N1. The van der Waals surface area contributed by atoms with Crippen molar-refractivity contribution in [3.8, 4) is 0 Å². The third kappa shape index (κ3) is 6.67. The van der Waals surface area contributed by atoms with E-state index in [0.717, 1.165) is 32.7 Å². The summed E-state index contributed by atoms with van der Waals surface area (Å²) in [6.07, 6.45) is 0.724. The molecule has 4 amide bonds. The fourth-order valence-corrected chi connectivity index (χ4v) is 4.31. The van der Waals surface area contributed by atoms with Gasteiger partial charge in [-0.25, -0.2) is 0 Å². The average molecular weight is 516 g/mol. The molecule has 2 saturated heterocycles. The average Bonchev–Trinajstić information content (AvgIpc) is 3.12. The van der Waals surface area contributed by atoms with Gasteiger partial charge in [-0.05, 0) is 18.6 Å². The van der Waals surface area contributed by atoms with Crippen LogP contribution in [-0.4, -0.2) is 85.4 Å². The van der Waals surface area contributed by atoms with Crippen molar-refractivity contribution in [3.63, 3.8) is 0 Å². The van der Waals surface area contributed by atoms with Crippen LogP contribution in [0.2, 0.25) is 0 Å². The molecule has 1 unspecified atom stereocenters. The standard InChI is InChI=1S/C22H29N5O5.2ClH/c28-19-5-4-18(21(30)25-19)27-14-16-15(22(27)31)2-1-3-17(16)24-20(29)6-12-32-13-11-26-9-7-23-8-10-26;;/h1-3,18,23H,4-14H2,(H,24,29)(H,25,28,30);2*1H. The molecule has 3 heterocycles. The summed E-state index contributed by atoms with van der Waals surface area (Å²) < 4.78 is 5.61. The number of nitrogens with one attached hydrogen (secondary N) is 3. The molecule has 10 nitrogen and oxygen atoms in total. The Hall–Kier alpha value is -2.24. The summed E-state index contributed by atoms with van der Waals surface area (Å²) in [5.41, 5.74) is 1.73. The molecule has 0 aromatic heterocycles. The van der Waals surface area contributed by atoms with Gasteiger partial charge in [0.05, 0.1) is 19.6 Å². The minimum absolute atomic E-state index is 0. The normalized spacial score (nSPS) is 20.2. The molecule has 0 bridgehead atoms. The number of fused-ring (bicyclic) bond motifs is 1. The maximum Gasteiger partial charge on any atom is 0.255 e. The molecule has 1 aromatic carbocycles. The lowest BCUT2D eigenvalue weighted by atomic mass is 10.0. The number of piperazine rings is 1. The van der Waals surface area contributed by atoms with Crippen molar-refractivity contribution in [2.75, 3.05) is 51.3 Å². The molecule has 34 heavy (non-hydrogen) atoms. The predicted molar refractivity (Wildman–Crippen MR) is 130 cm³/mol. The quantitative estimate of drug-likeness (QED) is 0.341. The van der Waals surface area contributed by atoms with E-state index in [1.54, 1.807) is 18.2 Å². The molecule has 188 valence electrons. The summed E-state index contributed by atoms with van der Waals surface area (Å²) in [6.45, 7) is 6.00. The summed E-state index contributed by atoms with van der Waals surface area (Å²) in [6, 6.07) is 4.48. The van der Waals surface area contributed by atoms with Crippen molar-refractivity contribution in [3.05, 3.63) is 29.3 Å². The molecule has 3 aliphatic heterocycles. The highest BCUT2D eigenvalue weighted by molar-refractivity contribution is 6.06. The highest BCUT2D eigenvalue weighted by Crippen LogP contribution is 2.32. The fraction of sp³-hybridized carbons (Fsp3) is 0.545. The summed E-state index contributed by atoms with van der Waals surface area (Å²) in [5, 5.41) is 8.47. The van der Waals surface area contributed by atoms with Gasteiger partial charge in [-0.15, -0.1) is 24.8 Å². The van der Waals surface area contributed by atoms with E-state index >= 15 is 0 Å². The second-order valence-electron chi connectivity index (χ2n) is 8.23. The Bertz CT molecular complexity index is 910. The minimum atomic E-state index is -0.680. The lowest BCUT2D eigenvalue weighted by Crippen LogP contribution is -2.52. The summed E-state index contributed by atoms with van der Waals surface area (Å²) in [4.78, 5) is 52.7. The van der Waals surface area contributed by atoms with E-state index in [1.165, 1.54) is 4.90 Å². The van der Waals surface area contributed by atoms with Crippen LogP contribution in [-0.2, 0) is 25.7 Å². The zero-order valence-corrected chi connectivity index (χ0v) is 20.5. The molecule has 3 aliphatic rings. The summed E-state index contributed by atoms with van der Waals surface area (Å²) in [5.74, 6) is -1.22. The molecule has 2 fully saturated rings. The monoisotopic (exact) mass is 515 g/mol. The third-order valence-corrected chi connectivity index (χ3v) is 6.09. The minimum Gasteiger partial charge on any atom is -0.380 e. The van der Waals surface area contributed by atoms with Gasteiger partial charge in [-0.1, -0.05) is 6.07 Å². The molecule has 12 heteroatoms. The number of benzene rings is 1. The first kappa shape index (κ1) is 28.0. The first-order valence-electron chi connectivity index (χ1n) is 11.1. The highest BCUT2D eigenvalue weighted by Gasteiger charge is 2.39. The largest absolute Gasteiger partial charge is 0.380 e. The van der Waals surface area contributed by atoms with Gasteiger partial charge in [0.15, 0.2) is 0 Å². The first-order valence-corrected chi connectivity index (χ1v) is 11.1. The molecule has 4 rings (SSSR count). The summed E-state index contributed by atoms with van der Waals surface area (Å²) >= 11 is 0. The van der Waals surface area contributed by atoms with Gasteiger partial charge in [0.1, 0.15) is 6.04 Å². The van der Waals surface area contributed by atoms with Crippen molar-refractivity contribution in [2.24, 2.45) is 0 Å². The molecule has 0 radical (unpaired) electrons. The Morgan fingerprint density at radius 3 is 2.62 bits per heavy atom. The molecular weight excluding hydrogens is 485 g/mol. The fourth-order valence-electron chi connectivity index (χ4n) is 4.31. The van der Waals surface area contributed by atoms with Crippen LogP contribution in [0, 0.1) is 0 Å². The smallest absolute Gasteiger partial charge is 0.255 e. The number of carbonyl (C=O) groups excluding carboxylic acids is 4. The van der Waals surface area contributed by atoms with Gasteiger partial charge in [-0.3, -0.25) is 29.4 Å². The number of hydrogen-bond acceptors (Lipinski definition) is 7.